The molecular weight excluding hydrogens is 356 g/mol. The lowest BCUT2D eigenvalue weighted by atomic mass is 10.3. The summed E-state index contributed by atoms with van der Waals surface area (Å²) in [5, 5.41) is 12.2. The van der Waals surface area contributed by atoms with E-state index in [-0.39, 0.29) is 10.6 Å². The fourth-order valence-corrected chi connectivity index (χ4v) is 3.27. The molecule has 0 unspecified atom stereocenters. The molecule has 0 bridgehead atoms. The number of nitro benzene ring substituents is 1. The monoisotopic (exact) mass is 368 g/mol. The normalized spacial score (nSPS) is 12.4. The first kappa shape index (κ1) is 17.9. The highest BCUT2D eigenvalue weighted by Crippen LogP contribution is 2.21. The zero-order valence-corrected chi connectivity index (χ0v) is 14.0. The highest BCUT2D eigenvalue weighted by Gasteiger charge is 2.30. The first-order chi connectivity index (χ1) is 11.2. The largest absolute Gasteiger partial charge is 0.325 e. The van der Waals surface area contributed by atoms with Gasteiger partial charge in [0.05, 0.1) is 9.82 Å². The van der Waals surface area contributed by atoms with Crippen molar-refractivity contribution >= 4 is 38.7 Å². The minimum absolute atomic E-state index is 0.160. The summed E-state index contributed by atoms with van der Waals surface area (Å²) in [4.78, 5) is 22.0. The predicted octanol–water partition coefficient (Wildman–Crippen LogP) is 3.05. The van der Waals surface area contributed by atoms with Gasteiger partial charge in [-0.3, -0.25) is 14.9 Å². The number of benzene rings is 2. The topological polar surface area (TPSA) is 106 Å². The fraction of sp³-hybridized carbons (Fsp3) is 0.133. The lowest BCUT2D eigenvalue weighted by Crippen LogP contribution is -2.32. The molecular formula is C15H13ClN2O5S. The molecule has 2 aromatic rings. The van der Waals surface area contributed by atoms with Gasteiger partial charge in [0.2, 0.25) is 5.91 Å². The molecule has 0 heterocycles. The second-order valence-electron chi connectivity index (χ2n) is 4.93. The van der Waals surface area contributed by atoms with Crippen LogP contribution in [0.2, 0.25) is 5.02 Å². The van der Waals surface area contributed by atoms with Crippen LogP contribution in [0.4, 0.5) is 11.4 Å². The van der Waals surface area contributed by atoms with Crippen LogP contribution in [-0.4, -0.2) is 24.5 Å². The molecule has 2 aromatic carbocycles. The minimum Gasteiger partial charge on any atom is -0.325 e. The Morgan fingerprint density at radius 1 is 1.12 bits per heavy atom. The Hall–Kier alpha value is -2.45. The second-order valence-corrected chi connectivity index (χ2v) is 7.64. The lowest BCUT2D eigenvalue weighted by molar-refractivity contribution is -0.384. The van der Waals surface area contributed by atoms with E-state index in [2.05, 4.69) is 5.32 Å². The quantitative estimate of drug-likeness (QED) is 0.644. The lowest BCUT2D eigenvalue weighted by Gasteiger charge is -2.13. The molecule has 1 N–H and O–H groups in total. The van der Waals surface area contributed by atoms with Gasteiger partial charge in [0.1, 0.15) is 5.25 Å². The Kier molecular flexibility index (Phi) is 5.20. The number of hydrogen-bond acceptors (Lipinski definition) is 5. The molecule has 1 amide bonds. The van der Waals surface area contributed by atoms with Gasteiger partial charge in [-0.1, -0.05) is 11.6 Å². The standard InChI is InChI=1S/C15H13ClN2O5S/c1-10(15(19)17-12-4-2-11(16)3-5-12)24(22,23)14-8-6-13(7-9-14)18(20)21/h2-10H,1H3,(H,17,19)/t10-/m0/s1. The van der Waals surface area contributed by atoms with Crippen LogP contribution in [0.25, 0.3) is 0 Å². The number of anilines is 1. The Morgan fingerprint density at radius 3 is 2.17 bits per heavy atom. The van der Waals surface area contributed by atoms with Gasteiger partial charge in [-0.05, 0) is 43.3 Å². The van der Waals surface area contributed by atoms with E-state index < -0.39 is 25.9 Å². The van der Waals surface area contributed by atoms with Crippen LogP contribution in [-0.2, 0) is 14.6 Å². The van der Waals surface area contributed by atoms with Crippen LogP contribution in [0.5, 0.6) is 0 Å². The minimum atomic E-state index is -3.97. The number of nitrogens with one attached hydrogen (secondary N) is 1. The number of carbonyl (C=O) groups is 1. The Morgan fingerprint density at radius 2 is 1.67 bits per heavy atom. The van der Waals surface area contributed by atoms with Gasteiger partial charge in [-0.2, -0.15) is 0 Å². The first-order valence-electron chi connectivity index (χ1n) is 6.76. The molecule has 0 aliphatic heterocycles. The second kappa shape index (κ2) is 6.98. The molecule has 0 radical (unpaired) electrons. The summed E-state index contributed by atoms with van der Waals surface area (Å²) in [6.07, 6.45) is 0. The van der Waals surface area contributed by atoms with Crippen molar-refractivity contribution in [3.05, 3.63) is 63.7 Å². The van der Waals surface area contributed by atoms with Crippen LogP contribution in [0.1, 0.15) is 6.92 Å². The van der Waals surface area contributed by atoms with E-state index in [0.29, 0.717) is 10.7 Å². The number of nitrogens with zero attached hydrogens (tertiary/aromatic N) is 1. The fourth-order valence-electron chi connectivity index (χ4n) is 1.88. The maximum Gasteiger partial charge on any atom is 0.269 e. The van der Waals surface area contributed by atoms with Crippen LogP contribution in [0.3, 0.4) is 0 Å². The maximum absolute atomic E-state index is 12.4. The van der Waals surface area contributed by atoms with Gasteiger partial charge in [0, 0.05) is 22.8 Å². The van der Waals surface area contributed by atoms with Gasteiger partial charge in [0.15, 0.2) is 9.84 Å². The van der Waals surface area contributed by atoms with Crippen LogP contribution >= 0.6 is 11.6 Å². The van der Waals surface area contributed by atoms with Gasteiger partial charge < -0.3 is 5.32 Å². The van der Waals surface area contributed by atoms with Gasteiger partial charge >= 0.3 is 0 Å². The van der Waals surface area contributed by atoms with E-state index in [1.54, 1.807) is 24.3 Å². The number of non-ortho nitro benzene ring substituents is 1. The van der Waals surface area contributed by atoms with Gasteiger partial charge in [-0.25, -0.2) is 8.42 Å². The van der Waals surface area contributed by atoms with E-state index in [9.17, 15) is 23.3 Å². The van der Waals surface area contributed by atoms with Crippen LogP contribution < -0.4 is 5.32 Å². The molecule has 0 aromatic heterocycles. The highest BCUT2D eigenvalue weighted by atomic mass is 35.5. The molecule has 2 rings (SSSR count). The summed E-state index contributed by atoms with van der Waals surface area (Å²) in [5.41, 5.74) is 0.183. The molecule has 0 aliphatic carbocycles. The average molecular weight is 369 g/mol. The van der Waals surface area contributed by atoms with Crippen molar-refractivity contribution in [1.82, 2.24) is 0 Å². The highest BCUT2D eigenvalue weighted by molar-refractivity contribution is 7.92. The summed E-state index contributed by atoms with van der Waals surface area (Å²) in [6.45, 7) is 1.25. The molecule has 0 saturated carbocycles. The first-order valence-corrected chi connectivity index (χ1v) is 8.69. The third kappa shape index (κ3) is 3.90. The van der Waals surface area contributed by atoms with Crippen molar-refractivity contribution in [2.24, 2.45) is 0 Å². The molecule has 24 heavy (non-hydrogen) atoms. The van der Waals surface area contributed by atoms with E-state index >= 15 is 0 Å². The number of hydrogen-bond donors (Lipinski definition) is 1. The summed E-state index contributed by atoms with van der Waals surface area (Å²) < 4.78 is 24.9. The van der Waals surface area contributed by atoms with Gasteiger partial charge in [0.25, 0.3) is 5.69 Å². The van der Waals surface area contributed by atoms with Crippen LogP contribution in [0.15, 0.2) is 53.4 Å². The molecule has 0 fully saturated rings. The molecule has 1 atom stereocenters. The van der Waals surface area contributed by atoms with E-state index in [1.165, 1.54) is 6.92 Å². The Bertz CT molecular complexity index is 864. The maximum atomic E-state index is 12.4. The zero-order chi connectivity index (χ0) is 17.9. The number of halogens is 1. The number of amides is 1. The van der Waals surface area contributed by atoms with E-state index in [1.807, 2.05) is 0 Å². The van der Waals surface area contributed by atoms with Crippen molar-refractivity contribution in [3.8, 4) is 0 Å². The number of carbonyl (C=O) groups excluding carboxylic acids is 1. The molecule has 9 heteroatoms. The smallest absolute Gasteiger partial charge is 0.269 e. The molecule has 0 saturated heterocycles. The van der Waals surface area contributed by atoms with E-state index in [4.69, 9.17) is 11.6 Å². The SMILES string of the molecule is C[C@@H](C(=O)Nc1ccc(Cl)cc1)S(=O)(=O)c1ccc([N+](=O)[O-])cc1. The predicted molar refractivity (Wildman–Crippen MR) is 89.8 cm³/mol. The van der Waals surface area contributed by atoms with Crippen molar-refractivity contribution in [3.63, 3.8) is 0 Å². The van der Waals surface area contributed by atoms with E-state index in [0.717, 1.165) is 24.3 Å². The van der Waals surface area contributed by atoms with Crippen molar-refractivity contribution in [2.45, 2.75) is 17.1 Å². The number of rotatable bonds is 5. The Balaban J connectivity index is 2.19. The molecule has 0 aliphatic rings. The summed E-state index contributed by atoms with van der Waals surface area (Å²) in [7, 11) is -3.97. The molecule has 7 nitrogen and oxygen atoms in total. The zero-order valence-electron chi connectivity index (χ0n) is 12.5. The number of nitro groups is 1. The molecule has 126 valence electrons. The van der Waals surface area contributed by atoms with Crippen molar-refractivity contribution in [1.29, 1.82) is 0 Å². The third-order valence-electron chi connectivity index (χ3n) is 3.32. The summed E-state index contributed by atoms with van der Waals surface area (Å²) >= 11 is 5.74. The van der Waals surface area contributed by atoms with Crippen LogP contribution in [0, 0.1) is 10.1 Å². The summed E-state index contributed by atoms with van der Waals surface area (Å²) in [5.74, 6) is -0.712. The van der Waals surface area contributed by atoms with Gasteiger partial charge in [-0.15, -0.1) is 0 Å². The average Bonchev–Trinajstić information content (AvgIpc) is 2.56. The third-order valence-corrected chi connectivity index (χ3v) is 5.65. The summed E-state index contributed by atoms with van der Waals surface area (Å²) in [6, 6.07) is 10.6. The number of sulfone groups is 1. The van der Waals surface area contributed by atoms with Crippen molar-refractivity contribution in [2.75, 3.05) is 5.32 Å². The Labute approximate surface area is 143 Å². The van der Waals surface area contributed by atoms with Crippen molar-refractivity contribution < 1.29 is 18.1 Å². The molecule has 0 spiro atoms.